The Morgan fingerprint density at radius 3 is 2.39 bits per heavy atom. The van der Waals surface area contributed by atoms with Crippen LogP contribution in [0.1, 0.15) is 62.6 Å². The van der Waals surface area contributed by atoms with Crippen molar-refractivity contribution in [2.24, 2.45) is 0 Å². The van der Waals surface area contributed by atoms with Gasteiger partial charge in [0.05, 0.1) is 20.5 Å². The summed E-state index contributed by atoms with van der Waals surface area (Å²) in [7, 11) is 0. The Morgan fingerprint density at radius 2 is 1.76 bits per heavy atom. The lowest BCUT2D eigenvalue weighted by Crippen LogP contribution is -2.48. The Bertz CT molecular complexity index is 1220. The van der Waals surface area contributed by atoms with Gasteiger partial charge in [0.25, 0.3) is 11.8 Å². The first-order valence-electron chi connectivity index (χ1n) is 13.0. The molecule has 1 N–H and O–H groups in total. The molecule has 0 unspecified atom stereocenters. The number of benzene rings is 1. The third kappa shape index (κ3) is 6.35. The maximum Gasteiger partial charge on any atom is 0.264 e. The van der Waals surface area contributed by atoms with Crippen LogP contribution < -0.4 is 10.2 Å². The molecule has 3 amide bonds. The molecule has 2 aromatic rings. The maximum absolute atomic E-state index is 13.5. The van der Waals surface area contributed by atoms with Crippen molar-refractivity contribution in [3.63, 3.8) is 0 Å². The fourth-order valence-corrected chi connectivity index (χ4v) is 6.62. The van der Waals surface area contributed by atoms with Crippen LogP contribution in [0.4, 0.5) is 5.69 Å². The first kappa shape index (κ1) is 28.5. The second-order valence-corrected chi connectivity index (χ2v) is 11.9. The molecule has 0 atom stereocenters. The minimum atomic E-state index is -0.312. The van der Waals surface area contributed by atoms with E-state index in [0.717, 1.165) is 36.2 Å². The van der Waals surface area contributed by atoms with Gasteiger partial charge in [-0.05, 0) is 50.5 Å². The summed E-state index contributed by atoms with van der Waals surface area (Å²) in [6.07, 6.45) is 6.78. The molecule has 2 heterocycles. The molecule has 1 aromatic heterocycles. The molecule has 2 fully saturated rings. The van der Waals surface area contributed by atoms with Gasteiger partial charge in [-0.1, -0.05) is 49.0 Å². The Labute approximate surface area is 238 Å². The normalized spacial score (nSPS) is 16.3. The topological polar surface area (TPSA) is 73.0 Å². The number of nitrogens with zero attached hydrogens (tertiary/aromatic N) is 3. The van der Waals surface area contributed by atoms with E-state index in [4.69, 9.17) is 23.2 Å². The third-order valence-electron chi connectivity index (χ3n) is 7.33. The molecule has 0 radical (unpaired) electrons. The zero-order valence-electron chi connectivity index (χ0n) is 21.9. The van der Waals surface area contributed by atoms with Crippen molar-refractivity contribution in [3.8, 4) is 0 Å². The second-order valence-electron chi connectivity index (χ2n) is 9.88. The molecule has 2 aliphatic rings. The van der Waals surface area contributed by atoms with E-state index in [0.29, 0.717) is 52.2 Å². The number of carbonyl (C=O) groups excluding carboxylic acids is 3. The molecule has 4 rings (SSSR count). The number of piperazine rings is 1. The quantitative estimate of drug-likeness (QED) is 0.461. The largest absolute Gasteiger partial charge is 0.368 e. The fraction of sp³-hybridized carbons (Fsp3) is 0.464. The Kier molecular flexibility index (Phi) is 9.39. The van der Waals surface area contributed by atoms with Gasteiger partial charge in [0.1, 0.15) is 6.54 Å². The van der Waals surface area contributed by atoms with Crippen molar-refractivity contribution >= 4 is 57.9 Å². The second kappa shape index (κ2) is 12.5. The number of amides is 3. The summed E-state index contributed by atoms with van der Waals surface area (Å²) in [6, 6.07) is 5.72. The number of rotatable bonds is 7. The summed E-state index contributed by atoms with van der Waals surface area (Å²) < 4.78 is 0. The Balaban J connectivity index is 1.40. The smallest absolute Gasteiger partial charge is 0.264 e. The number of anilines is 1. The van der Waals surface area contributed by atoms with Gasteiger partial charge in [-0.3, -0.25) is 14.4 Å². The lowest BCUT2D eigenvalue weighted by Gasteiger charge is -2.36. The first-order valence-corrected chi connectivity index (χ1v) is 14.6. The average Bonchev–Trinajstić information content (AvgIpc) is 3.22. The van der Waals surface area contributed by atoms with E-state index in [-0.39, 0.29) is 30.3 Å². The van der Waals surface area contributed by atoms with Gasteiger partial charge in [-0.15, -0.1) is 11.3 Å². The van der Waals surface area contributed by atoms with Crippen LogP contribution >= 0.6 is 34.5 Å². The minimum Gasteiger partial charge on any atom is -0.368 e. The lowest BCUT2D eigenvalue weighted by molar-refractivity contribution is -0.122. The maximum atomic E-state index is 13.5. The molecule has 204 valence electrons. The molecule has 1 aliphatic carbocycles. The van der Waals surface area contributed by atoms with E-state index in [2.05, 4.69) is 16.8 Å². The van der Waals surface area contributed by atoms with Gasteiger partial charge in [-0.2, -0.15) is 0 Å². The molecule has 1 saturated carbocycles. The summed E-state index contributed by atoms with van der Waals surface area (Å²) in [6.45, 7) is 9.75. The van der Waals surface area contributed by atoms with Crippen molar-refractivity contribution in [2.45, 2.75) is 52.0 Å². The molecular weight excluding hydrogens is 543 g/mol. The van der Waals surface area contributed by atoms with Gasteiger partial charge in [0.2, 0.25) is 5.91 Å². The number of hydrogen-bond acceptors (Lipinski definition) is 5. The summed E-state index contributed by atoms with van der Waals surface area (Å²) >= 11 is 13.5. The number of thiophene rings is 1. The van der Waals surface area contributed by atoms with Gasteiger partial charge in [0, 0.05) is 49.0 Å². The van der Waals surface area contributed by atoms with Crippen LogP contribution in [0.15, 0.2) is 31.0 Å². The predicted molar refractivity (Wildman–Crippen MR) is 155 cm³/mol. The fourth-order valence-electron chi connectivity index (χ4n) is 5.20. The van der Waals surface area contributed by atoms with Crippen LogP contribution in [0.3, 0.4) is 0 Å². The minimum absolute atomic E-state index is 0.0800. The number of hydrogen-bond donors (Lipinski definition) is 1. The number of halogens is 2. The van der Waals surface area contributed by atoms with Gasteiger partial charge in [0.15, 0.2) is 0 Å². The van der Waals surface area contributed by atoms with E-state index in [1.807, 2.05) is 24.0 Å². The van der Waals surface area contributed by atoms with E-state index in [9.17, 15) is 14.4 Å². The molecule has 0 bridgehead atoms. The summed E-state index contributed by atoms with van der Waals surface area (Å²) in [5.74, 6) is -0.580. The highest BCUT2D eigenvalue weighted by Gasteiger charge is 2.30. The molecule has 1 saturated heterocycles. The summed E-state index contributed by atoms with van der Waals surface area (Å²) in [5, 5.41) is 4.07. The first-order chi connectivity index (χ1) is 18.2. The van der Waals surface area contributed by atoms with Gasteiger partial charge < -0.3 is 20.0 Å². The standard InChI is InChI=1S/C28H34Cl2N4O3S/c1-4-32(17-24(35)31-20-8-6-5-7-9-20)27(36)25-18(2)26(38-19(25)3)28(37)34-14-12-33(13-15-34)21-10-11-22(29)23(30)16-21/h4,10-11,16,20H,1,5-9,12-15,17H2,2-3H3,(H,31,35). The molecular formula is C28H34Cl2N4O3S. The zero-order valence-corrected chi connectivity index (χ0v) is 24.2. The molecule has 1 aromatic carbocycles. The highest BCUT2D eigenvalue weighted by Crippen LogP contribution is 2.31. The van der Waals surface area contributed by atoms with Crippen LogP contribution in [0, 0.1) is 13.8 Å². The molecule has 0 spiro atoms. The Morgan fingerprint density at radius 1 is 1.08 bits per heavy atom. The SMILES string of the molecule is C=CN(CC(=O)NC1CCCCC1)C(=O)c1c(C)sc(C(=O)N2CCN(c3ccc(Cl)c(Cl)c3)CC2)c1C. The van der Waals surface area contributed by atoms with Crippen LogP contribution in [0.25, 0.3) is 0 Å². The van der Waals surface area contributed by atoms with Crippen molar-refractivity contribution in [3.05, 3.63) is 61.9 Å². The summed E-state index contributed by atoms with van der Waals surface area (Å²) in [4.78, 5) is 46.2. The van der Waals surface area contributed by atoms with E-state index < -0.39 is 0 Å². The molecule has 7 nitrogen and oxygen atoms in total. The predicted octanol–water partition coefficient (Wildman–Crippen LogP) is 5.67. The Hall–Kier alpha value is -2.55. The molecule has 10 heteroatoms. The zero-order chi connectivity index (χ0) is 27.4. The lowest BCUT2D eigenvalue weighted by atomic mass is 9.95. The number of aryl methyl sites for hydroxylation is 1. The van der Waals surface area contributed by atoms with E-state index in [1.54, 1.807) is 13.0 Å². The number of carbonyl (C=O) groups is 3. The number of nitrogens with one attached hydrogen (secondary N) is 1. The van der Waals surface area contributed by atoms with E-state index in [1.165, 1.54) is 28.9 Å². The third-order valence-corrected chi connectivity index (χ3v) is 9.27. The highest BCUT2D eigenvalue weighted by atomic mass is 35.5. The van der Waals surface area contributed by atoms with Crippen LogP contribution in [-0.2, 0) is 4.79 Å². The van der Waals surface area contributed by atoms with Crippen LogP contribution in [0.2, 0.25) is 10.0 Å². The molecule has 1 aliphatic heterocycles. The monoisotopic (exact) mass is 576 g/mol. The van der Waals surface area contributed by atoms with Crippen molar-refractivity contribution in [1.29, 1.82) is 0 Å². The van der Waals surface area contributed by atoms with Gasteiger partial charge >= 0.3 is 0 Å². The molecule has 38 heavy (non-hydrogen) atoms. The van der Waals surface area contributed by atoms with Gasteiger partial charge in [-0.25, -0.2) is 0 Å². The van der Waals surface area contributed by atoms with Crippen LogP contribution in [-0.4, -0.2) is 66.3 Å². The van der Waals surface area contributed by atoms with E-state index >= 15 is 0 Å². The summed E-state index contributed by atoms with van der Waals surface area (Å²) in [5.41, 5.74) is 2.09. The van der Waals surface area contributed by atoms with Crippen molar-refractivity contribution in [2.75, 3.05) is 37.6 Å². The average molecular weight is 578 g/mol. The van der Waals surface area contributed by atoms with Crippen molar-refractivity contribution < 1.29 is 14.4 Å². The van der Waals surface area contributed by atoms with Crippen molar-refractivity contribution in [1.82, 2.24) is 15.1 Å². The van der Waals surface area contributed by atoms with Crippen LogP contribution in [0.5, 0.6) is 0 Å². The highest BCUT2D eigenvalue weighted by molar-refractivity contribution is 7.14.